The van der Waals surface area contributed by atoms with Crippen molar-refractivity contribution in [2.75, 3.05) is 27.2 Å². The van der Waals surface area contributed by atoms with Crippen molar-refractivity contribution < 1.29 is 9.90 Å². The summed E-state index contributed by atoms with van der Waals surface area (Å²) in [6, 6.07) is 0.307. The Bertz CT molecular complexity index is 246. The van der Waals surface area contributed by atoms with E-state index in [4.69, 9.17) is 5.11 Å². The van der Waals surface area contributed by atoms with Gasteiger partial charge in [0.1, 0.15) is 6.04 Å². The Balaban J connectivity index is 2.35. The molecular weight excluding hydrogens is 216 g/mol. The van der Waals surface area contributed by atoms with E-state index in [2.05, 4.69) is 11.9 Å². The van der Waals surface area contributed by atoms with E-state index >= 15 is 0 Å². The number of piperidine rings is 1. The molecule has 0 amide bonds. The first kappa shape index (κ1) is 14.5. The minimum Gasteiger partial charge on any atom is -0.480 e. The van der Waals surface area contributed by atoms with Gasteiger partial charge in [0.25, 0.3) is 0 Å². The Morgan fingerprint density at radius 1 is 1.53 bits per heavy atom. The van der Waals surface area contributed by atoms with Crippen LogP contribution in [0.3, 0.4) is 0 Å². The molecule has 0 aromatic carbocycles. The summed E-state index contributed by atoms with van der Waals surface area (Å²) in [4.78, 5) is 15.4. The van der Waals surface area contributed by atoms with Crippen LogP contribution in [0.4, 0.5) is 0 Å². The Morgan fingerprint density at radius 2 is 2.24 bits per heavy atom. The van der Waals surface area contributed by atoms with Crippen molar-refractivity contribution in [2.24, 2.45) is 0 Å². The molecule has 0 radical (unpaired) electrons. The molecule has 0 aromatic heterocycles. The van der Waals surface area contributed by atoms with E-state index in [-0.39, 0.29) is 6.04 Å². The number of hydrogen-bond donors (Lipinski definition) is 1. The van der Waals surface area contributed by atoms with Crippen LogP contribution < -0.4 is 0 Å². The summed E-state index contributed by atoms with van der Waals surface area (Å²) in [5, 5.41) is 9.08. The number of likely N-dealkylation sites (tertiary alicyclic amines) is 1. The Hall–Kier alpha value is -0.610. The van der Waals surface area contributed by atoms with E-state index in [0.29, 0.717) is 12.5 Å². The van der Waals surface area contributed by atoms with Gasteiger partial charge >= 0.3 is 5.97 Å². The quantitative estimate of drug-likeness (QED) is 0.769. The summed E-state index contributed by atoms with van der Waals surface area (Å²) < 4.78 is 0. The molecule has 1 aliphatic rings. The van der Waals surface area contributed by atoms with Crippen LogP contribution in [-0.4, -0.2) is 60.1 Å². The summed E-state index contributed by atoms with van der Waals surface area (Å²) in [6.45, 7) is 3.99. The van der Waals surface area contributed by atoms with Crippen molar-refractivity contribution >= 4 is 5.97 Å². The van der Waals surface area contributed by atoms with Gasteiger partial charge in [-0.1, -0.05) is 13.3 Å². The third-order valence-corrected chi connectivity index (χ3v) is 3.94. The van der Waals surface area contributed by atoms with E-state index in [1.165, 1.54) is 25.8 Å². The lowest BCUT2D eigenvalue weighted by atomic mass is 9.99. The Kier molecular flexibility index (Phi) is 5.92. The smallest absolute Gasteiger partial charge is 0.320 e. The fourth-order valence-electron chi connectivity index (χ4n) is 2.69. The van der Waals surface area contributed by atoms with Gasteiger partial charge in [-0.15, -0.1) is 0 Å². The van der Waals surface area contributed by atoms with Gasteiger partial charge in [0.15, 0.2) is 0 Å². The molecule has 0 spiro atoms. The Morgan fingerprint density at radius 3 is 2.76 bits per heavy atom. The normalized spacial score (nSPS) is 23.9. The second-order valence-corrected chi connectivity index (χ2v) is 5.16. The molecule has 4 heteroatoms. The Labute approximate surface area is 105 Å². The minimum absolute atomic E-state index is 0.330. The van der Waals surface area contributed by atoms with E-state index in [9.17, 15) is 4.79 Å². The average molecular weight is 242 g/mol. The number of aliphatic carboxylic acids is 1. The van der Waals surface area contributed by atoms with E-state index in [1.54, 1.807) is 0 Å². The molecule has 1 heterocycles. The van der Waals surface area contributed by atoms with Gasteiger partial charge in [-0.3, -0.25) is 9.69 Å². The van der Waals surface area contributed by atoms with Crippen molar-refractivity contribution in [3.05, 3.63) is 0 Å². The van der Waals surface area contributed by atoms with Crippen LogP contribution in [0.25, 0.3) is 0 Å². The van der Waals surface area contributed by atoms with Gasteiger partial charge in [0, 0.05) is 12.6 Å². The maximum absolute atomic E-state index is 11.0. The van der Waals surface area contributed by atoms with E-state index < -0.39 is 5.97 Å². The monoisotopic (exact) mass is 242 g/mol. The fourth-order valence-corrected chi connectivity index (χ4v) is 2.69. The van der Waals surface area contributed by atoms with Gasteiger partial charge in [0.05, 0.1) is 0 Å². The van der Waals surface area contributed by atoms with E-state index in [1.807, 2.05) is 18.9 Å². The lowest BCUT2D eigenvalue weighted by Gasteiger charge is -2.34. The highest BCUT2D eigenvalue weighted by atomic mass is 16.4. The molecule has 2 atom stereocenters. The summed E-state index contributed by atoms with van der Waals surface area (Å²) in [5.74, 6) is -0.702. The third kappa shape index (κ3) is 4.28. The highest BCUT2D eigenvalue weighted by molar-refractivity contribution is 5.73. The molecule has 1 saturated heterocycles. The van der Waals surface area contributed by atoms with Crippen LogP contribution in [0.5, 0.6) is 0 Å². The molecule has 1 fully saturated rings. The molecule has 0 bridgehead atoms. The van der Waals surface area contributed by atoms with Crippen LogP contribution in [0.1, 0.15) is 39.0 Å². The predicted octanol–water partition coefficient (Wildman–Crippen LogP) is 1.66. The van der Waals surface area contributed by atoms with Crippen LogP contribution in [0.2, 0.25) is 0 Å². The van der Waals surface area contributed by atoms with Crippen molar-refractivity contribution in [1.29, 1.82) is 0 Å². The van der Waals surface area contributed by atoms with Gasteiger partial charge in [-0.05, 0) is 46.3 Å². The van der Waals surface area contributed by atoms with Crippen molar-refractivity contribution in [2.45, 2.75) is 51.1 Å². The highest BCUT2D eigenvalue weighted by Crippen LogP contribution is 2.18. The summed E-state index contributed by atoms with van der Waals surface area (Å²) in [6.07, 6.45) is 5.63. The van der Waals surface area contributed by atoms with Gasteiger partial charge in [-0.2, -0.15) is 0 Å². The van der Waals surface area contributed by atoms with Crippen LogP contribution in [-0.2, 0) is 4.79 Å². The maximum Gasteiger partial charge on any atom is 0.320 e. The molecule has 2 unspecified atom stereocenters. The van der Waals surface area contributed by atoms with Gasteiger partial charge in [0.2, 0.25) is 0 Å². The first-order chi connectivity index (χ1) is 8.06. The molecule has 0 aromatic rings. The molecule has 0 saturated carbocycles. The number of carboxylic acids is 1. The number of hydrogen-bond acceptors (Lipinski definition) is 3. The predicted molar refractivity (Wildman–Crippen MR) is 69.2 cm³/mol. The van der Waals surface area contributed by atoms with E-state index in [0.717, 1.165) is 13.0 Å². The number of carbonyl (C=O) groups is 1. The van der Waals surface area contributed by atoms with Crippen LogP contribution in [0, 0.1) is 0 Å². The molecule has 0 aliphatic carbocycles. The topological polar surface area (TPSA) is 43.8 Å². The molecule has 4 nitrogen and oxygen atoms in total. The number of nitrogens with zero attached hydrogens (tertiary/aromatic N) is 2. The number of likely N-dealkylation sites (N-methyl/N-ethyl adjacent to an activating group) is 1. The fraction of sp³-hybridized carbons (Fsp3) is 0.923. The molecular formula is C13H26N2O2. The van der Waals surface area contributed by atoms with Crippen molar-refractivity contribution in [1.82, 2.24) is 9.80 Å². The maximum atomic E-state index is 11.0. The molecule has 1 aliphatic heterocycles. The number of rotatable bonds is 6. The first-order valence-corrected chi connectivity index (χ1v) is 6.69. The zero-order chi connectivity index (χ0) is 12.8. The van der Waals surface area contributed by atoms with Gasteiger partial charge in [-0.25, -0.2) is 0 Å². The second-order valence-electron chi connectivity index (χ2n) is 5.16. The molecule has 1 rings (SSSR count). The molecule has 1 N–H and O–H groups in total. The standard InChI is InChI=1S/C13H26N2O2/c1-4-12(13(16)17)15(3)10-8-11-7-5-6-9-14(11)2/h11-12H,4-10H2,1-3H3,(H,16,17). The van der Waals surface area contributed by atoms with Crippen LogP contribution >= 0.6 is 0 Å². The minimum atomic E-state index is -0.702. The zero-order valence-electron chi connectivity index (χ0n) is 11.4. The second kappa shape index (κ2) is 6.97. The summed E-state index contributed by atoms with van der Waals surface area (Å²) >= 11 is 0. The van der Waals surface area contributed by atoms with Gasteiger partial charge < -0.3 is 10.0 Å². The lowest BCUT2D eigenvalue weighted by molar-refractivity contribution is -0.142. The molecule has 17 heavy (non-hydrogen) atoms. The zero-order valence-corrected chi connectivity index (χ0v) is 11.4. The average Bonchev–Trinajstić information content (AvgIpc) is 2.28. The van der Waals surface area contributed by atoms with Crippen molar-refractivity contribution in [3.63, 3.8) is 0 Å². The molecule has 100 valence electrons. The lowest BCUT2D eigenvalue weighted by Crippen LogP contribution is -2.42. The van der Waals surface area contributed by atoms with Crippen molar-refractivity contribution in [3.8, 4) is 0 Å². The first-order valence-electron chi connectivity index (χ1n) is 6.69. The number of carboxylic acid groups (broad SMARTS) is 1. The highest BCUT2D eigenvalue weighted by Gasteiger charge is 2.23. The largest absolute Gasteiger partial charge is 0.480 e. The summed E-state index contributed by atoms with van der Waals surface area (Å²) in [7, 11) is 4.10. The third-order valence-electron chi connectivity index (χ3n) is 3.94. The SMILES string of the molecule is CCC(C(=O)O)N(C)CCC1CCCCN1C. The summed E-state index contributed by atoms with van der Waals surface area (Å²) in [5.41, 5.74) is 0. The van der Waals surface area contributed by atoms with Crippen LogP contribution in [0.15, 0.2) is 0 Å².